The quantitative estimate of drug-likeness (QED) is 0.800. The molecule has 0 bridgehead atoms. The van der Waals surface area contributed by atoms with Gasteiger partial charge >= 0.3 is 0 Å². The summed E-state index contributed by atoms with van der Waals surface area (Å²) in [5.41, 5.74) is 8.38. The van der Waals surface area contributed by atoms with Crippen molar-refractivity contribution in [1.82, 2.24) is 0 Å². The predicted octanol–water partition coefficient (Wildman–Crippen LogP) is 2.90. The molecule has 0 spiro atoms. The van der Waals surface area contributed by atoms with Crippen molar-refractivity contribution in [3.63, 3.8) is 0 Å². The highest BCUT2D eigenvalue weighted by atomic mass is 16.5. The summed E-state index contributed by atoms with van der Waals surface area (Å²) in [5, 5.41) is 0. The molecular weight excluding hydrogens is 212 g/mol. The van der Waals surface area contributed by atoms with Crippen LogP contribution in [0.4, 0.5) is 11.4 Å². The zero-order chi connectivity index (χ0) is 12.5. The van der Waals surface area contributed by atoms with Crippen molar-refractivity contribution < 1.29 is 4.74 Å². The zero-order valence-corrected chi connectivity index (χ0v) is 11.0. The second kappa shape index (κ2) is 4.47. The van der Waals surface area contributed by atoms with Gasteiger partial charge in [-0.3, -0.25) is 0 Å². The van der Waals surface area contributed by atoms with Gasteiger partial charge in [-0.1, -0.05) is 19.9 Å². The third-order valence-electron chi connectivity index (χ3n) is 3.50. The van der Waals surface area contributed by atoms with E-state index in [0.717, 1.165) is 30.2 Å². The lowest BCUT2D eigenvalue weighted by molar-refractivity contribution is 0.293. The van der Waals surface area contributed by atoms with Gasteiger partial charge < -0.3 is 15.4 Å². The van der Waals surface area contributed by atoms with E-state index in [0.29, 0.717) is 5.41 Å². The van der Waals surface area contributed by atoms with Crippen molar-refractivity contribution in [1.29, 1.82) is 0 Å². The van der Waals surface area contributed by atoms with Gasteiger partial charge in [0.1, 0.15) is 5.75 Å². The average molecular weight is 234 g/mol. The molecule has 1 saturated heterocycles. The van der Waals surface area contributed by atoms with Crippen molar-refractivity contribution in [2.75, 3.05) is 30.8 Å². The zero-order valence-electron chi connectivity index (χ0n) is 11.0. The number of hydrogen-bond acceptors (Lipinski definition) is 3. The molecule has 0 unspecified atom stereocenters. The highest BCUT2D eigenvalue weighted by Gasteiger charge is 2.27. The number of rotatable bonds is 2. The molecule has 1 aliphatic rings. The van der Waals surface area contributed by atoms with Gasteiger partial charge in [0, 0.05) is 13.1 Å². The number of nitrogen functional groups attached to an aromatic ring is 1. The Morgan fingerprint density at radius 3 is 2.76 bits per heavy atom. The summed E-state index contributed by atoms with van der Waals surface area (Å²) in [7, 11) is 1.66. The number of methoxy groups -OCH3 is 1. The fourth-order valence-corrected chi connectivity index (χ4v) is 2.62. The van der Waals surface area contributed by atoms with Crippen LogP contribution in [-0.2, 0) is 0 Å². The van der Waals surface area contributed by atoms with Crippen molar-refractivity contribution in [3.8, 4) is 5.75 Å². The van der Waals surface area contributed by atoms with Gasteiger partial charge in [-0.25, -0.2) is 0 Å². The highest BCUT2D eigenvalue weighted by Crippen LogP contribution is 2.37. The molecule has 0 atom stereocenters. The van der Waals surface area contributed by atoms with Crippen LogP contribution in [0.2, 0.25) is 0 Å². The molecule has 0 saturated carbocycles. The van der Waals surface area contributed by atoms with Crippen molar-refractivity contribution in [3.05, 3.63) is 18.2 Å². The molecule has 1 aromatic carbocycles. The molecule has 0 aromatic heterocycles. The van der Waals surface area contributed by atoms with Gasteiger partial charge in [0.25, 0.3) is 0 Å². The molecule has 1 aliphatic heterocycles. The van der Waals surface area contributed by atoms with Crippen LogP contribution in [0.3, 0.4) is 0 Å². The van der Waals surface area contributed by atoms with Gasteiger partial charge in [-0.15, -0.1) is 0 Å². The Hall–Kier alpha value is -1.38. The first-order valence-corrected chi connectivity index (χ1v) is 6.21. The normalized spacial score (nSPS) is 19.1. The molecular formula is C14H22N2O. The van der Waals surface area contributed by atoms with Crippen molar-refractivity contribution >= 4 is 11.4 Å². The Bertz CT molecular complexity index is 401. The molecule has 0 amide bonds. The molecule has 2 N–H and O–H groups in total. The van der Waals surface area contributed by atoms with E-state index in [4.69, 9.17) is 10.5 Å². The van der Waals surface area contributed by atoms with Gasteiger partial charge in [0.2, 0.25) is 0 Å². The third-order valence-corrected chi connectivity index (χ3v) is 3.50. The van der Waals surface area contributed by atoms with Crippen LogP contribution >= 0.6 is 0 Å². The topological polar surface area (TPSA) is 38.5 Å². The van der Waals surface area contributed by atoms with E-state index < -0.39 is 0 Å². The standard InChI is InChI=1S/C14H22N2O/c1-14(2)8-5-9-16(10-14)11-6-4-7-12(17-3)13(11)15/h4,6-7H,5,8-10,15H2,1-3H3. The van der Waals surface area contributed by atoms with E-state index in [-0.39, 0.29) is 0 Å². The minimum absolute atomic E-state index is 0.369. The number of ether oxygens (including phenoxy) is 1. The lowest BCUT2D eigenvalue weighted by atomic mass is 9.84. The van der Waals surface area contributed by atoms with Crippen LogP contribution in [-0.4, -0.2) is 20.2 Å². The van der Waals surface area contributed by atoms with Gasteiger partial charge in [0.15, 0.2) is 0 Å². The summed E-state index contributed by atoms with van der Waals surface area (Å²) in [5.74, 6) is 0.769. The average Bonchev–Trinajstić information content (AvgIpc) is 2.28. The van der Waals surface area contributed by atoms with Crippen LogP contribution in [0.1, 0.15) is 26.7 Å². The molecule has 2 rings (SSSR count). The summed E-state index contributed by atoms with van der Waals surface area (Å²) in [4.78, 5) is 2.38. The number of nitrogens with zero attached hydrogens (tertiary/aromatic N) is 1. The molecule has 3 heteroatoms. The SMILES string of the molecule is COc1cccc(N2CCCC(C)(C)C2)c1N. The summed E-state index contributed by atoms with van der Waals surface area (Å²) in [6, 6.07) is 6.00. The molecule has 1 heterocycles. The fraction of sp³-hybridized carbons (Fsp3) is 0.571. The Kier molecular flexibility index (Phi) is 3.18. The Morgan fingerprint density at radius 2 is 2.12 bits per heavy atom. The molecule has 17 heavy (non-hydrogen) atoms. The molecule has 0 radical (unpaired) electrons. The van der Waals surface area contributed by atoms with Crippen molar-refractivity contribution in [2.24, 2.45) is 5.41 Å². The number of nitrogens with two attached hydrogens (primary N) is 1. The van der Waals surface area contributed by atoms with E-state index in [1.54, 1.807) is 7.11 Å². The Balaban J connectivity index is 2.28. The Labute approximate surface area is 104 Å². The van der Waals surface area contributed by atoms with Crippen LogP contribution in [0.15, 0.2) is 18.2 Å². The molecule has 1 fully saturated rings. The minimum atomic E-state index is 0.369. The van der Waals surface area contributed by atoms with E-state index in [1.807, 2.05) is 12.1 Å². The maximum absolute atomic E-state index is 6.15. The minimum Gasteiger partial charge on any atom is -0.495 e. The van der Waals surface area contributed by atoms with Gasteiger partial charge in [-0.05, 0) is 30.4 Å². The largest absolute Gasteiger partial charge is 0.495 e. The van der Waals surface area contributed by atoms with Crippen LogP contribution < -0.4 is 15.4 Å². The van der Waals surface area contributed by atoms with E-state index >= 15 is 0 Å². The molecule has 0 aliphatic carbocycles. The number of benzene rings is 1. The van der Waals surface area contributed by atoms with Gasteiger partial charge in [0.05, 0.1) is 18.5 Å². The Morgan fingerprint density at radius 1 is 1.35 bits per heavy atom. The summed E-state index contributed by atoms with van der Waals surface area (Å²) in [6.45, 7) is 6.77. The van der Waals surface area contributed by atoms with E-state index in [9.17, 15) is 0 Å². The first-order valence-electron chi connectivity index (χ1n) is 6.21. The van der Waals surface area contributed by atoms with Crippen molar-refractivity contribution in [2.45, 2.75) is 26.7 Å². The first kappa shape index (κ1) is 12.1. The number of para-hydroxylation sites is 1. The molecule has 94 valence electrons. The highest BCUT2D eigenvalue weighted by molar-refractivity contribution is 5.74. The number of anilines is 2. The number of piperidine rings is 1. The smallest absolute Gasteiger partial charge is 0.143 e. The third kappa shape index (κ3) is 2.48. The van der Waals surface area contributed by atoms with Crippen LogP contribution in [0, 0.1) is 5.41 Å². The monoisotopic (exact) mass is 234 g/mol. The maximum Gasteiger partial charge on any atom is 0.143 e. The summed E-state index contributed by atoms with van der Waals surface area (Å²) in [6.07, 6.45) is 2.51. The fourth-order valence-electron chi connectivity index (χ4n) is 2.62. The van der Waals surface area contributed by atoms with Crippen LogP contribution in [0.25, 0.3) is 0 Å². The molecule has 3 nitrogen and oxygen atoms in total. The first-order chi connectivity index (χ1) is 8.03. The van der Waals surface area contributed by atoms with E-state index in [1.165, 1.54) is 12.8 Å². The van der Waals surface area contributed by atoms with Gasteiger partial charge in [-0.2, -0.15) is 0 Å². The molecule has 1 aromatic rings. The lowest BCUT2D eigenvalue weighted by Gasteiger charge is -2.40. The van der Waals surface area contributed by atoms with Crippen LogP contribution in [0.5, 0.6) is 5.75 Å². The second-order valence-electron chi connectivity index (χ2n) is 5.58. The second-order valence-corrected chi connectivity index (χ2v) is 5.58. The summed E-state index contributed by atoms with van der Waals surface area (Å²) < 4.78 is 5.28. The number of hydrogen-bond donors (Lipinski definition) is 1. The van der Waals surface area contributed by atoms with E-state index in [2.05, 4.69) is 24.8 Å². The summed E-state index contributed by atoms with van der Waals surface area (Å²) >= 11 is 0. The maximum atomic E-state index is 6.15. The lowest BCUT2D eigenvalue weighted by Crippen LogP contribution is -2.40. The predicted molar refractivity (Wildman–Crippen MR) is 72.6 cm³/mol.